The topological polar surface area (TPSA) is 4.93 Å². The molecular formula is C43H28BrN. The molecule has 0 amide bonds. The number of rotatable bonds is 4. The molecule has 2 heteroatoms. The Bertz CT molecular complexity index is 2340. The van der Waals surface area contributed by atoms with Gasteiger partial charge in [0.05, 0.1) is 11.0 Å². The molecule has 0 radical (unpaired) electrons. The van der Waals surface area contributed by atoms with E-state index in [4.69, 9.17) is 0 Å². The molecule has 0 saturated carbocycles. The predicted molar refractivity (Wildman–Crippen MR) is 192 cm³/mol. The summed E-state index contributed by atoms with van der Waals surface area (Å²) in [4.78, 5) is 0. The van der Waals surface area contributed by atoms with Gasteiger partial charge in [-0.3, -0.25) is 0 Å². The Hall–Kier alpha value is -5.18. The van der Waals surface area contributed by atoms with Crippen molar-refractivity contribution >= 4 is 37.7 Å². The highest BCUT2D eigenvalue weighted by atomic mass is 79.9. The van der Waals surface area contributed by atoms with E-state index in [1.807, 2.05) is 0 Å². The zero-order valence-corrected chi connectivity index (χ0v) is 26.1. The maximum absolute atomic E-state index is 3.85. The number of para-hydroxylation sites is 2. The predicted octanol–water partition coefficient (Wildman–Crippen LogP) is 12.0. The molecule has 0 saturated heterocycles. The standard InChI is InChI=1S/C43H28BrN/c44-33-25-31(24-32(26-33)43-38-15-6-4-12-35(38)36-13-5-7-16-39(36)43)29-20-18-28(19-21-29)30-22-23-42-40(27-30)37-14-8-9-17-41(37)45(42)34-10-2-1-3-11-34/h1-27,43H. The number of benzene rings is 7. The van der Waals surface area contributed by atoms with Crippen LogP contribution < -0.4 is 0 Å². The van der Waals surface area contributed by atoms with Crippen molar-refractivity contribution in [1.82, 2.24) is 4.57 Å². The van der Waals surface area contributed by atoms with Gasteiger partial charge in [-0.2, -0.15) is 0 Å². The average Bonchev–Trinajstić information content (AvgIpc) is 3.61. The third-order valence-corrected chi connectivity index (χ3v) is 9.78. The number of nitrogens with zero attached hydrogens (tertiary/aromatic N) is 1. The Labute approximate surface area is 271 Å². The van der Waals surface area contributed by atoms with Crippen LogP contribution in [0.3, 0.4) is 0 Å². The fourth-order valence-electron chi connectivity index (χ4n) is 7.32. The van der Waals surface area contributed by atoms with E-state index in [9.17, 15) is 0 Å². The summed E-state index contributed by atoms with van der Waals surface area (Å²) in [6.45, 7) is 0. The van der Waals surface area contributed by atoms with E-state index in [2.05, 4.69) is 184 Å². The molecule has 8 aromatic rings. The summed E-state index contributed by atoms with van der Waals surface area (Å²) < 4.78 is 3.46. The van der Waals surface area contributed by atoms with Crippen molar-refractivity contribution in [3.8, 4) is 39.1 Å². The fourth-order valence-corrected chi connectivity index (χ4v) is 7.83. The van der Waals surface area contributed by atoms with Gasteiger partial charge in [0.15, 0.2) is 0 Å². The lowest BCUT2D eigenvalue weighted by atomic mass is 9.87. The number of aromatic nitrogens is 1. The van der Waals surface area contributed by atoms with Gasteiger partial charge in [-0.05, 0) is 92.5 Å². The molecular weight excluding hydrogens is 610 g/mol. The molecule has 1 nitrogen and oxygen atoms in total. The second-order valence-corrected chi connectivity index (χ2v) is 12.8. The molecule has 0 atom stereocenters. The van der Waals surface area contributed by atoms with Crippen LogP contribution in [0.25, 0.3) is 60.9 Å². The number of fused-ring (bicyclic) bond motifs is 6. The summed E-state index contributed by atoms with van der Waals surface area (Å²) in [6.07, 6.45) is 0. The lowest BCUT2D eigenvalue weighted by molar-refractivity contribution is 1.01. The molecule has 45 heavy (non-hydrogen) atoms. The highest BCUT2D eigenvalue weighted by Gasteiger charge is 2.29. The lowest BCUT2D eigenvalue weighted by Crippen LogP contribution is -1.99. The first-order valence-electron chi connectivity index (χ1n) is 15.4. The second kappa shape index (κ2) is 10.5. The molecule has 7 aromatic carbocycles. The Morgan fingerprint density at radius 3 is 1.73 bits per heavy atom. The van der Waals surface area contributed by atoms with Crippen LogP contribution in [-0.4, -0.2) is 4.57 Å². The van der Waals surface area contributed by atoms with Gasteiger partial charge in [-0.25, -0.2) is 0 Å². The molecule has 1 heterocycles. The van der Waals surface area contributed by atoms with Gasteiger partial charge in [0.2, 0.25) is 0 Å². The highest BCUT2D eigenvalue weighted by Crippen LogP contribution is 2.48. The molecule has 0 N–H and O–H groups in total. The van der Waals surface area contributed by atoms with Crippen molar-refractivity contribution < 1.29 is 0 Å². The zero-order chi connectivity index (χ0) is 29.9. The third kappa shape index (κ3) is 4.29. The average molecular weight is 639 g/mol. The van der Waals surface area contributed by atoms with Gasteiger partial charge in [0.1, 0.15) is 0 Å². The van der Waals surface area contributed by atoms with Crippen molar-refractivity contribution in [2.45, 2.75) is 5.92 Å². The Kier molecular flexibility index (Phi) is 6.11. The second-order valence-electron chi connectivity index (χ2n) is 11.9. The van der Waals surface area contributed by atoms with Crippen LogP contribution >= 0.6 is 15.9 Å². The maximum Gasteiger partial charge on any atom is 0.0541 e. The molecule has 1 aliphatic rings. The molecule has 1 aliphatic carbocycles. The minimum atomic E-state index is 0.220. The molecule has 9 rings (SSSR count). The molecule has 0 bridgehead atoms. The molecule has 0 unspecified atom stereocenters. The molecule has 0 fully saturated rings. The third-order valence-electron chi connectivity index (χ3n) is 9.33. The summed E-state index contributed by atoms with van der Waals surface area (Å²) >= 11 is 3.85. The largest absolute Gasteiger partial charge is 0.309 e. The molecule has 212 valence electrons. The van der Waals surface area contributed by atoms with Crippen LogP contribution in [0.4, 0.5) is 0 Å². The summed E-state index contributed by atoms with van der Waals surface area (Å²) in [5.74, 6) is 0.220. The van der Waals surface area contributed by atoms with Gasteiger partial charge in [-0.1, -0.05) is 137 Å². The fraction of sp³-hybridized carbons (Fsp3) is 0.0233. The van der Waals surface area contributed by atoms with Gasteiger partial charge in [-0.15, -0.1) is 0 Å². The van der Waals surface area contributed by atoms with Crippen LogP contribution in [0.5, 0.6) is 0 Å². The summed E-state index contributed by atoms with van der Waals surface area (Å²) in [7, 11) is 0. The quantitative estimate of drug-likeness (QED) is 0.181. The number of hydrogen-bond acceptors (Lipinski definition) is 0. The zero-order valence-electron chi connectivity index (χ0n) is 24.5. The van der Waals surface area contributed by atoms with Crippen LogP contribution in [0.2, 0.25) is 0 Å². The van der Waals surface area contributed by atoms with E-state index < -0.39 is 0 Å². The van der Waals surface area contributed by atoms with E-state index in [1.54, 1.807) is 0 Å². The van der Waals surface area contributed by atoms with E-state index in [0.29, 0.717) is 0 Å². The molecule has 0 spiro atoms. The Morgan fingerprint density at radius 2 is 1.00 bits per heavy atom. The van der Waals surface area contributed by atoms with Crippen LogP contribution in [0.15, 0.2) is 168 Å². The first-order chi connectivity index (χ1) is 22.2. The SMILES string of the molecule is Brc1cc(-c2ccc(-c3ccc4c(c3)c3ccccc3n4-c3ccccc3)cc2)cc(C2c3ccccc3-c3ccccc32)c1. The maximum atomic E-state index is 3.85. The van der Waals surface area contributed by atoms with Crippen molar-refractivity contribution in [3.05, 3.63) is 185 Å². The van der Waals surface area contributed by atoms with Gasteiger partial charge in [0.25, 0.3) is 0 Å². The van der Waals surface area contributed by atoms with Crippen LogP contribution in [0, 0.1) is 0 Å². The van der Waals surface area contributed by atoms with Gasteiger partial charge >= 0.3 is 0 Å². The highest BCUT2D eigenvalue weighted by molar-refractivity contribution is 9.10. The first-order valence-corrected chi connectivity index (χ1v) is 16.2. The van der Waals surface area contributed by atoms with E-state index in [1.165, 1.54) is 77.6 Å². The smallest absolute Gasteiger partial charge is 0.0541 e. The summed E-state index contributed by atoms with van der Waals surface area (Å²) in [5.41, 5.74) is 15.2. The Balaban J connectivity index is 1.10. The van der Waals surface area contributed by atoms with E-state index >= 15 is 0 Å². The minimum absolute atomic E-state index is 0.220. The van der Waals surface area contributed by atoms with Gasteiger partial charge in [0, 0.05) is 26.9 Å². The number of hydrogen-bond donors (Lipinski definition) is 0. The van der Waals surface area contributed by atoms with Crippen molar-refractivity contribution in [2.75, 3.05) is 0 Å². The monoisotopic (exact) mass is 637 g/mol. The van der Waals surface area contributed by atoms with E-state index in [0.717, 1.165) is 4.47 Å². The molecule has 1 aromatic heterocycles. The Morgan fingerprint density at radius 1 is 0.422 bits per heavy atom. The van der Waals surface area contributed by atoms with E-state index in [-0.39, 0.29) is 5.92 Å². The summed E-state index contributed by atoms with van der Waals surface area (Å²) in [5, 5.41) is 2.54. The minimum Gasteiger partial charge on any atom is -0.309 e. The van der Waals surface area contributed by atoms with Crippen LogP contribution in [0.1, 0.15) is 22.6 Å². The number of halogens is 1. The van der Waals surface area contributed by atoms with Crippen molar-refractivity contribution in [3.63, 3.8) is 0 Å². The van der Waals surface area contributed by atoms with Crippen LogP contribution in [-0.2, 0) is 0 Å². The normalized spacial score (nSPS) is 12.5. The van der Waals surface area contributed by atoms with Crippen molar-refractivity contribution in [2.24, 2.45) is 0 Å². The molecule has 0 aliphatic heterocycles. The summed E-state index contributed by atoms with van der Waals surface area (Å²) in [6, 6.07) is 59.8. The van der Waals surface area contributed by atoms with Crippen molar-refractivity contribution in [1.29, 1.82) is 0 Å². The lowest BCUT2D eigenvalue weighted by Gasteiger charge is -2.17. The first kappa shape index (κ1) is 26.2. The van der Waals surface area contributed by atoms with Gasteiger partial charge < -0.3 is 4.57 Å².